The van der Waals surface area contributed by atoms with Gasteiger partial charge in [-0.1, -0.05) is 39.8 Å². The maximum absolute atomic E-state index is 17.3. The fourth-order valence-corrected chi connectivity index (χ4v) is 8.42. The first-order chi connectivity index (χ1) is 22.7. The molecule has 48 heavy (non-hydrogen) atoms. The van der Waals surface area contributed by atoms with Crippen molar-refractivity contribution in [1.82, 2.24) is 9.84 Å². The van der Waals surface area contributed by atoms with Crippen molar-refractivity contribution in [3.05, 3.63) is 94.9 Å². The minimum Gasteiger partial charge on any atom is -0.413 e. The van der Waals surface area contributed by atoms with Gasteiger partial charge in [-0.05, 0) is 37.8 Å². The molecule has 0 unspecified atom stereocenters. The second-order valence-electron chi connectivity index (χ2n) is 12.5. The monoisotopic (exact) mass is 674 g/mol. The average molecular weight is 674 g/mol. The Bertz CT molecular complexity index is 1900. The minimum absolute atomic E-state index is 0.120. The summed E-state index contributed by atoms with van der Waals surface area (Å²) in [6.07, 6.45) is 4.56. The molecule has 0 saturated carbocycles. The smallest absolute Gasteiger partial charge is 0.413 e. The lowest BCUT2D eigenvalue weighted by atomic mass is 9.87. The van der Waals surface area contributed by atoms with Crippen LogP contribution < -0.4 is 18.8 Å². The zero-order chi connectivity index (χ0) is 34.3. The summed E-state index contributed by atoms with van der Waals surface area (Å²) in [5, 5.41) is 0. The number of pyridine rings is 2. The third-order valence-electron chi connectivity index (χ3n) is 10.3. The molecule has 6 aliphatic rings. The van der Waals surface area contributed by atoms with Gasteiger partial charge in [0.2, 0.25) is 23.1 Å². The number of halogens is 8. The molecule has 20 heteroatoms. The molecule has 0 radical (unpaired) electrons. The van der Waals surface area contributed by atoms with Crippen LogP contribution in [0.5, 0.6) is 0 Å². The molecule has 8 heterocycles. The topological polar surface area (TPSA) is 26.7 Å². The van der Waals surface area contributed by atoms with Crippen molar-refractivity contribution in [2.24, 2.45) is 0 Å². The number of anilines is 2. The minimum atomic E-state index is -5.12. The van der Waals surface area contributed by atoms with Gasteiger partial charge in [-0.15, -0.1) is 0 Å². The van der Waals surface area contributed by atoms with Crippen molar-refractivity contribution in [2.45, 2.75) is 53.4 Å². The van der Waals surface area contributed by atoms with Crippen LogP contribution in [-0.2, 0) is 0 Å². The van der Waals surface area contributed by atoms with Crippen LogP contribution in [0.1, 0.15) is 53.4 Å². The van der Waals surface area contributed by atoms with Gasteiger partial charge in [0, 0.05) is 46.8 Å². The van der Waals surface area contributed by atoms with Crippen LogP contribution in [0.3, 0.4) is 0 Å². The zero-order valence-corrected chi connectivity index (χ0v) is 26.5. The van der Waals surface area contributed by atoms with E-state index in [1.807, 2.05) is 0 Å². The Kier molecular flexibility index (Phi) is 6.14. The SMILES string of the molecule is CCC1=C(CC)C(C2=[N+]3C(=CN4N(c5cccc[n+]5[B-]4(F)F)[B-]3(F)F)C(CC)=C2CC)=[N+]2C1=CN1N(c3cccc[n+]3[B-]1(F)F)[B-]2(F)F. The standard InChI is InChI=1S/C28H30B4F8N8/c1-5-19-21(7-3)27(45-23(19)17-43-29(33,34)41-15-11-9-13-25(41)47(43)31(45,37)38)28-22(8-4)20(6-2)24-18-44-30(35,36)42-16-12-10-14-26(42)48(44)32(39,40)46(24)28/h9-18H,5-8H2,1-4H3. The largest absolute Gasteiger partial charge is 0.850 e. The van der Waals surface area contributed by atoms with E-state index in [1.165, 1.54) is 24.3 Å². The van der Waals surface area contributed by atoms with Gasteiger partial charge in [-0.2, -0.15) is 0 Å². The molecule has 2 aromatic rings. The highest BCUT2D eigenvalue weighted by molar-refractivity contribution is 6.72. The molecule has 0 aromatic carbocycles. The molecule has 2 aromatic heterocycles. The van der Waals surface area contributed by atoms with E-state index in [-0.39, 0.29) is 68.2 Å². The van der Waals surface area contributed by atoms with E-state index in [0.29, 0.717) is 40.2 Å². The fraction of sp³-hybridized carbons (Fsp3) is 0.286. The van der Waals surface area contributed by atoms with Gasteiger partial charge in [-0.3, -0.25) is 18.8 Å². The molecule has 0 N–H and O–H groups in total. The summed E-state index contributed by atoms with van der Waals surface area (Å²) in [5.41, 5.74) is 0.403. The number of aromatic nitrogens is 2. The number of hydrogen-bond donors (Lipinski definition) is 0. The number of hydrazine groups is 2. The van der Waals surface area contributed by atoms with Crippen molar-refractivity contribution in [3.63, 3.8) is 0 Å². The summed E-state index contributed by atoms with van der Waals surface area (Å²) < 4.78 is 135. The Morgan fingerprint density at radius 1 is 0.500 bits per heavy atom. The fourth-order valence-electron chi connectivity index (χ4n) is 8.42. The highest BCUT2D eigenvalue weighted by Crippen LogP contribution is 2.48. The number of nitrogens with zero attached hydrogens (tertiary/aromatic N) is 8. The predicted octanol–water partition coefficient (Wildman–Crippen LogP) is 5.11. The van der Waals surface area contributed by atoms with Crippen LogP contribution >= 0.6 is 0 Å². The van der Waals surface area contributed by atoms with E-state index < -0.39 is 39.5 Å². The van der Waals surface area contributed by atoms with E-state index in [2.05, 4.69) is 0 Å². The highest BCUT2D eigenvalue weighted by Gasteiger charge is 2.75. The summed E-state index contributed by atoms with van der Waals surface area (Å²) in [5.74, 6) is -0.915. The van der Waals surface area contributed by atoms with Gasteiger partial charge in [0.25, 0.3) is 0 Å². The lowest BCUT2D eigenvalue weighted by Crippen LogP contribution is -2.70. The first-order valence-corrected chi connectivity index (χ1v) is 16.2. The molecular formula is C28H30B4F8N8. The van der Waals surface area contributed by atoms with Gasteiger partial charge in [0.1, 0.15) is 0 Å². The Morgan fingerprint density at radius 2 is 0.854 bits per heavy atom. The molecule has 8 rings (SSSR count). The summed E-state index contributed by atoms with van der Waals surface area (Å²) in [7, 11) is 0. The van der Waals surface area contributed by atoms with Crippen molar-refractivity contribution >= 4 is 50.9 Å². The maximum atomic E-state index is 17.3. The van der Waals surface area contributed by atoms with E-state index in [1.54, 1.807) is 27.7 Å². The van der Waals surface area contributed by atoms with Crippen molar-refractivity contribution in [3.8, 4) is 0 Å². The molecule has 0 aliphatic carbocycles. The van der Waals surface area contributed by atoms with E-state index >= 15 is 34.5 Å². The van der Waals surface area contributed by atoms with Gasteiger partial charge >= 0.3 is 27.9 Å². The van der Waals surface area contributed by atoms with Gasteiger partial charge in [-0.25, -0.2) is 0 Å². The third-order valence-corrected chi connectivity index (χ3v) is 10.3. The second kappa shape index (κ2) is 9.56. The van der Waals surface area contributed by atoms with Crippen LogP contribution in [0.25, 0.3) is 0 Å². The van der Waals surface area contributed by atoms with Crippen LogP contribution in [0, 0.1) is 0 Å². The number of fused-ring (bicyclic) bond motifs is 8. The molecule has 0 atom stereocenters. The van der Waals surface area contributed by atoms with Gasteiger partial charge < -0.3 is 53.3 Å². The van der Waals surface area contributed by atoms with Gasteiger partial charge in [0.05, 0.1) is 12.4 Å². The molecule has 6 aliphatic heterocycles. The highest BCUT2D eigenvalue weighted by atomic mass is 19.3. The summed E-state index contributed by atoms with van der Waals surface area (Å²) >= 11 is 0. The molecule has 8 nitrogen and oxygen atoms in total. The third kappa shape index (κ3) is 3.40. The summed E-state index contributed by atoms with van der Waals surface area (Å²) in [6, 6.07) is 7.69. The summed E-state index contributed by atoms with van der Waals surface area (Å²) in [6.45, 7) is -12.9. The predicted molar refractivity (Wildman–Crippen MR) is 167 cm³/mol. The van der Waals surface area contributed by atoms with E-state index in [9.17, 15) is 0 Å². The van der Waals surface area contributed by atoms with Crippen LogP contribution in [0.15, 0.2) is 94.9 Å². The Balaban J connectivity index is 1.48. The maximum Gasteiger partial charge on any atom is 0.850 e. The molecule has 0 amide bonds. The van der Waals surface area contributed by atoms with E-state index in [0.717, 1.165) is 36.9 Å². The van der Waals surface area contributed by atoms with Crippen molar-refractivity contribution in [2.75, 3.05) is 9.84 Å². The lowest BCUT2D eigenvalue weighted by molar-refractivity contribution is -0.549. The quantitative estimate of drug-likeness (QED) is 0.326. The van der Waals surface area contributed by atoms with Crippen LogP contribution in [-0.4, -0.2) is 58.1 Å². The first kappa shape index (κ1) is 30.8. The van der Waals surface area contributed by atoms with E-state index in [4.69, 9.17) is 0 Å². The lowest BCUT2D eigenvalue weighted by Gasteiger charge is -2.41. The average Bonchev–Trinajstić information content (AvgIpc) is 3.70. The van der Waals surface area contributed by atoms with Crippen molar-refractivity contribution < 1.29 is 52.5 Å². The number of allylic oxidation sites excluding steroid dienone is 4. The molecule has 0 saturated heterocycles. The van der Waals surface area contributed by atoms with Gasteiger partial charge in [0.15, 0.2) is 11.4 Å². The van der Waals surface area contributed by atoms with Crippen LogP contribution in [0.2, 0.25) is 0 Å². The molecular weight excluding hydrogens is 644 g/mol. The molecule has 0 bridgehead atoms. The first-order valence-electron chi connectivity index (χ1n) is 16.2. The second-order valence-corrected chi connectivity index (χ2v) is 12.5. The summed E-state index contributed by atoms with van der Waals surface area (Å²) in [4.78, 5) is 1.06. The molecule has 250 valence electrons. The zero-order valence-electron chi connectivity index (χ0n) is 26.5. The van der Waals surface area contributed by atoms with Crippen molar-refractivity contribution in [1.29, 1.82) is 0 Å². The van der Waals surface area contributed by atoms with Crippen LogP contribution in [0.4, 0.5) is 46.2 Å². The number of rotatable bonds is 5. The Labute approximate surface area is 271 Å². The molecule has 0 spiro atoms. The normalized spacial score (nSPS) is 23.8. The Morgan fingerprint density at radius 3 is 1.19 bits per heavy atom. The number of hydrogen-bond acceptors (Lipinski definition) is 4. The Hall–Kier alpha value is -4.50. The molecule has 0 fully saturated rings.